The van der Waals surface area contributed by atoms with E-state index >= 15 is 0 Å². The fourth-order valence-electron chi connectivity index (χ4n) is 3.75. The van der Waals surface area contributed by atoms with E-state index in [1.54, 1.807) is 0 Å². The molecule has 0 aliphatic carbocycles. The molecule has 3 aromatic carbocycles. The summed E-state index contributed by atoms with van der Waals surface area (Å²) in [4.78, 5) is 8.04. The Kier molecular flexibility index (Phi) is 3.55. The van der Waals surface area contributed by atoms with E-state index in [4.69, 9.17) is 4.42 Å². The molecule has 1 aromatic heterocycles. The molecule has 0 unspecified atom stereocenters. The number of halogens is 1. The smallest absolute Gasteiger partial charge is 0.264 e. The van der Waals surface area contributed by atoms with Crippen molar-refractivity contribution >= 4 is 37.7 Å². The van der Waals surface area contributed by atoms with Crippen molar-refractivity contribution in [2.75, 3.05) is 0 Å². The largest absolute Gasteiger partial charge is 0.414 e. The Morgan fingerprint density at radius 2 is 1.62 bits per heavy atom. The van der Waals surface area contributed by atoms with Crippen LogP contribution in [0.3, 0.4) is 0 Å². The van der Waals surface area contributed by atoms with Crippen molar-refractivity contribution in [1.82, 2.24) is 20.2 Å². The van der Waals surface area contributed by atoms with Gasteiger partial charge in [0.2, 0.25) is 0 Å². The van der Waals surface area contributed by atoms with E-state index in [0.717, 1.165) is 43.1 Å². The summed E-state index contributed by atoms with van der Waals surface area (Å²) in [5, 5.41) is 10.9. The van der Waals surface area contributed by atoms with Gasteiger partial charge in [-0.1, -0.05) is 64.5 Å². The van der Waals surface area contributed by atoms with Crippen LogP contribution < -0.4 is 0 Å². The zero-order valence-corrected chi connectivity index (χ0v) is 16.6. The number of para-hydroxylation sites is 1. The summed E-state index contributed by atoms with van der Waals surface area (Å²) >= 11 is 3.58. The summed E-state index contributed by atoms with van der Waals surface area (Å²) < 4.78 is 7.14. The molecule has 138 valence electrons. The molecule has 6 heteroatoms. The van der Waals surface area contributed by atoms with Crippen LogP contribution in [0.15, 0.2) is 81.7 Å². The fraction of sp³-hybridized carbons (Fsp3) is 0. The molecule has 29 heavy (non-hydrogen) atoms. The first-order valence-corrected chi connectivity index (χ1v) is 9.96. The minimum Gasteiger partial charge on any atom is -0.414 e. The number of nitrogens with one attached hydrogen (secondary N) is 1. The van der Waals surface area contributed by atoms with Gasteiger partial charge in [0.25, 0.3) is 11.8 Å². The third-order valence-electron chi connectivity index (χ3n) is 5.05. The van der Waals surface area contributed by atoms with Gasteiger partial charge in [-0.05, 0) is 29.8 Å². The molecule has 0 fully saturated rings. The molecule has 0 saturated heterocycles. The lowest BCUT2D eigenvalue weighted by Gasteiger charge is -2.05. The number of benzene rings is 3. The van der Waals surface area contributed by atoms with E-state index in [1.807, 2.05) is 54.6 Å². The Balaban J connectivity index is 1.65. The number of aromatic amines is 1. The van der Waals surface area contributed by atoms with Gasteiger partial charge < -0.3 is 9.40 Å². The molecule has 5 nitrogen and oxygen atoms in total. The zero-order valence-electron chi connectivity index (χ0n) is 15.1. The molecule has 0 saturated carbocycles. The monoisotopic (exact) mass is 440 g/mol. The average Bonchev–Trinajstić information content (AvgIpc) is 3.31. The molecule has 6 rings (SSSR count). The van der Waals surface area contributed by atoms with Crippen LogP contribution in [0.5, 0.6) is 0 Å². The molecule has 1 N–H and O–H groups in total. The van der Waals surface area contributed by atoms with Crippen LogP contribution in [0, 0.1) is 0 Å². The fourth-order valence-corrected chi connectivity index (χ4v) is 4.12. The minimum atomic E-state index is 0.409. The highest BCUT2D eigenvalue weighted by atomic mass is 79.9. The Labute approximate surface area is 173 Å². The van der Waals surface area contributed by atoms with Crippen LogP contribution in [0.25, 0.3) is 56.1 Å². The van der Waals surface area contributed by atoms with E-state index in [-0.39, 0.29) is 0 Å². The van der Waals surface area contributed by atoms with Gasteiger partial charge in [0.1, 0.15) is 5.69 Å². The quantitative estimate of drug-likeness (QED) is 0.343. The minimum absolute atomic E-state index is 0.409. The van der Waals surface area contributed by atoms with E-state index in [2.05, 4.69) is 54.3 Å². The maximum Gasteiger partial charge on any atom is 0.264 e. The number of hydrogen-bond donors (Lipinski definition) is 1. The van der Waals surface area contributed by atoms with E-state index in [0.29, 0.717) is 17.5 Å². The highest BCUT2D eigenvalue weighted by Crippen LogP contribution is 2.40. The van der Waals surface area contributed by atoms with Crippen molar-refractivity contribution in [3.63, 3.8) is 0 Å². The summed E-state index contributed by atoms with van der Waals surface area (Å²) in [5.41, 5.74) is 5.40. The lowest BCUT2D eigenvalue weighted by molar-refractivity contribution is 0.529. The first kappa shape index (κ1) is 16.4. The van der Waals surface area contributed by atoms with Crippen LogP contribution in [-0.2, 0) is 0 Å². The second-order valence-corrected chi connectivity index (χ2v) is 7.74. The van der Waals surface area contributed by atoms with Gasteiger partial charge in [0.15, 0.2) is 5.69 Å². The topological polar surface area (TPSA) is 67.6 Å². The zero-order chi connectivity index (χ0) is 19.4. The average molecular weight is 441 g/mol. The Hall–Kier alpha value is -3.51. The van der Waals surface area contributed by atoms with Gasteiger partial charge in [0, 0.05) is 26.3 Å². The van der Waals surface area contributed by atoms with Crippen molar-refractivity contribution in [3.05, 3.63) is 77.3 Å². The summed E-state index contributed by atoms with van der Waals surface area (Å²) in [6, 6.07) is 24.2. The molecule has 4 aromatic rings. The first-order chi connectivity index (χ1) is 14.3. The molecular formula is C23H13BrN4O. The van der Waals surface area contributed by atoms with Gasteiger partial charge in [-0.2, -0.15) is 0 Å². The third-order valence-corrected chi connectivity index (χ3v) is 5.55. The van der Waals surface area contributed by atoms with E-state index in [9.17, 15) is 0 Å². The van der Waals surface area contributed by atoms with Crippen molar-refractivity contribution < 1.29 is 4.42 Å². The number of rotatable bonds is 2. The molecule has 0 bridgehead atoms. The molecule has 0 spiro atoms. The number of H-pyrrole nitrogens is 1. The maximum atomic E-state index is 6.13. The summed E-state index contributed by atoms with van der Waals surface area (Å²) in [5.74, 6) is 0.890. The Morgan fingerprint density at radius 3 is 2.52 bits per heavy atom. The van der Waals surface area contributed by atoms with Crippen LogP contribution in [0.2, 0.25) is 0 Å². The predicted octanol–water partition coefficient (Wildman–Crippen LogP) is 6.30. The predicted molar refractivity (Wildman–Crippen MR) is 117 cm³/mol. The third kappa shape index (κ3) is 2.57. The van der Waals surface area contributed by atoms with E-state index < -0.39 is 0 Å². The van der Waals surface area contributed by atoms with Gasteiger partial charge in [-0.3, -0.25) is 0 Å². The van der Waals surface area contributed by atoms with Crippen molar-refractivity contribution in [3.8, 4) is 34.3 Å². The summed E-state index contributed by atoms with van der Waals surface area (Å²) in [6.45, 7) is 0. The van der Waals surface area contributed by atoms with Gasteiger partial charge in [-0.25, -0.2) is 4.98 Å². The Morgan fingerprint density at radius 1 is 0.793 bits per heavy atom. The maximum absolute atomic E-state index is 6.13. The van der Waals surface area contributed by atoms with Crippen LogP contribution in [0.1, 0.15) is 0 Å². The normalized spacial score (nSPS) is 11.6. The standard InChI is InChI=1S/C23H13BrN4O/c24-14-10-11-18-16(12-14)19(13-6-2-1-3-7-13)21(25-18)23-28-27-20-15-8-4-5-9-17(15)26-22(20)29-23/h1-12,25H. The Bertz CT molecular complexity index is 1470. The highest BCUT2D eigenvalue weighted by molar-refractivity contribution is 9.10. The molecule has 2 aliphatic rings. The lowest BCUT2D eigenvalue weighted by Crippen LogP contribution is -1.93. The molecule has 0 radical (unpaired) electrons. The van der Waals surface area contributed by atoms with Crippen molar-refractivity contribution in [1.29, 1.82) is 0 Å². The molecule has 0 atom stereocenters. The second kappa shape index (κ2) is 6.25. The van der Waals surface area contributed by atoms with Gasteiger partial charge in [-0.15, -0.1) is 10.2 Å². The number of fused-ring (bicyclic) bond motifs is 4. The molecule has 2 aliphatic heterocycles. The summed E-state index contributed by atoms with van der Waals surface area (Å²) in [7, 11) is 0. The molecule has 3 heterocycles. The first-order valence-electron chi connectivity index (χ1n) is 9.17. The highest BCUT2D eigenvalue weighted by Gasteiger charge is 2.22. The number of nitrogens with zero attached hydrogens (tertiary/aromatic N) is 3. The molecule has 0 amide bonds. The van der Waals surface area contributed by atoms with Gasteiger partial charge in [0.05, 0.1) is 5.52 Å². The van der Waals surface area contributed by atoms with Crippen molar-refractivity contribution in [2.45, 2.75) is 0 Å². The van der Waals surface area contributed by atoms with Crippen LogP contribution >= 0.6 is 15.9 Å². The lowest BCUT2D eigenvalue weighted by atomic mass is 10.0. The second-order valence-electron chi connectivity index (χ2n) is 6.82. The van der Waals surface area contributed by atoms with E-state index in [1.165, 1.54) is 0 Å². The van der Waals surface area contributed by atoms with Gasteiger partial charge >= 0.3 is 0 Å². The SMILES string of the molecule is Brc1ccc2[nH]c(-c3nnc4c5ccccc5nc-4o3)c(-c3ccccc3)c2c1. The number of hydrogen-bond acceptors (Lipinski definition) is 4. The molecular weight excluding hydrogens is 428 g/mol. The summed E-state index contributed by atoms with van der Waals surface area (Å²) in [6.07, 6.45) is 0. The van der Waals surface area contributed by atoms with Crippen LogP contribution in [0.4, 0.5) is 0 Å². The van der Waals surface area contributed by atoms with Crippen LogP contribution in [-0.4, -0.2) is 20.2 Å². The number of aromatic nitrogens is 4. The van der Waals surface area contributed by atoms with Crippen molar-refractivity contribution in [2.24, 2.45) is 0 Å².